The number of amides is 1. The van der Waals surface area contributed by atoms with E-state index in [1.165, 1.54) is 45.4 Å². The van der Waals surface area contributed by atoms with Crippen LogP contribution in [0.2, 0.25) is 0 Å². The summed E-state index contributed by atoms with van der Waals surface area (Å²) in [5.74, 6) is -2.04. The summed E-state index contributed by atoms with van der Waals surface area (Å²) < 4.78 is 24.2. The maximum absolute atomic E-state index is 13.5. The van der Waals surface area contributed by atoms with Crippen molar-refractivity contribution in [1.29, 1.82) is 0 Å². The summed E-state index contributed by atoms with van der Waals surface area (Å²) >= 11 is 0. The van der Waals surface area contributed by atoms with E-state index in [0.717, 1.165) is 11.1 Å². The summed E-state index contributed by atoms with van der Waals surface area (Å²) in [5.41, 5.74) is 0.254. The second-order valence-electron chi connectivity index (χ2n) is 7.90. The fraction of sp³-hybridized carbons (Fsp3) is 0.409. The van der Waals surface area contributed by atoms with Crippen LogP contribution in [0.25, 0.3) is 0 Å². The lowest BCUT2D eigenvalue weighted by molar-refractivity contribution is -0.157. The highest BCUT2D eigenvalue weighted by Crippen LogP contribution is 2.34. The van der Waals surface area contributed by atoms with Gasteiger partial charge in [0, 0.05) is 18.2 Å². The van der Waals surface area contributed by atoms with Gasteiger partial charge >= 0.3 is 5.97 Å². The van der Waals surface area contributed by atoms with E-state index in [1.54, 1.807) is 6.07 Å². The third-order valence-corrected chi connectivity index (χ3v) is 5.37. The van der Waals surface area contributed by atoms with Crippen LogP contribution in [0.4, 0.5) is 4.39 Å². The van der Waals surface area contributed by atoms with E-state index in [1.807, 2.05) is 6.92 Å². The number of hydrogen-bond acceptors (Lipinski definition) is 6. The number of methoxy groups -OCH3 is 1. The highest BCUT2D eigenvalue weighted by Gasteiger charge is 2.37. The first-order chi connectivity index (χ1) is 14.1. The number of nitrogens with zero attached hydrogens (tertiary/aromatic N) is 1. The van der Waals surface area contributed by atoms with E-state index in [0.29, 0.717) is 12.8 Å². The summed E-state index contributed by atoms with van der Waals surface area (Å²) in [4.78, 5) is 29.3. The van der Waals surface area contributed by atoms with Crippen LogP contribution in [-0.4, -0.2) is 40.7 Å². The Kier molecular flexibility index (Phi) is 5.96. The van der Waals surface area contributed by atoms with Crippen molar-refractivity contribution in [2.45, 2.75) is 51.2 Å². The SMILES string of the molecule is COc1ccnc(C(=O)NC(C)(C)C(=O)OC2CCc3cc(F)ccc3C2C)c1O. The first-order valence-electron chi connectivity index (χ1n) is 9.68. The van der Waals surface area contributed by atoms with E-state index < -0.39 is 29.3 Å². The van der Waals surface area contributed by atoms with Gasteiger partial charge in [-0.05, 0) is 49.9 Å². The lowest BCUT2D eigenvalue weighted by Crippen LogP contribution is -2.52. The molecule has 0 fully saturated rings. The molecular formula is C22H25FN2O5. The first-order valence-corrected chi connectivity index (χ1v) is 9.68. The molecule has 0 spiro atoms. The molecule has 2 unspecified atom stereocenters. The van der Waals surface area contributed by atoms with Crippen molar-refractivity contribution >= 4 is 11.9 Å². The summed E-state index contributed by atoms with van der Waals surface area (Å²) in [6, 6.07) is 6.05. The number of halogens is 1. The maximum Gasteiger partial charge on any atom is 0.331 e. The summed E-state index contributed by atoms with van der Waals surface area (Å²) in [6.07, 6.45) is 2.09. The van der Waals surface area contributed by atoms with E-state index in [4.69, 9.17) is 9.47 Å². The number of esters is 1. The van der Waals surface area contributed by atoms with E-state index in [-0.39, 0.29) is 23.2 Å². The number of aromatic hydroxyl groups is 1. The second-order valence-corrected chi connectivity index (χ2v) is 7.90. The van der Waals surface area contributed by atoms with Crippen LogP contribution in [0.5, 0.6) is 11.5 Å². The third-order valence-electron chi connectivity index (χ3n) is 5.37. The van der Waals surface area contributed by atoms with Crippen molar-refractivity contribution < 1.29 is 28.6 Å². The molecule has 1 aromatic carbocycles. The van der Waals surface area contributed by atoms with Gasteiger partial charge in [0.05, 0.1) is 7.11 Å². The number of nitrogens with one attached hydrogen (secondary N) is 1. The number of aryl methyl sites for hydroxylation is 1. The summed E-state index contributed by atoms with van der Waals surface area (Å²) in [5, 5.41) is 12.7. The average Bonchev–Trinajstić information content (AvgIpc) is 2.69. The maximum atomic E-state index is 13.5. The van der Waals surface area contributed by atoms with Crippen molar-refractivity contribution in [3.63, 3.8) is 0 Å². The molecule has 1 aliphatic carbocycles. The lowest BCUT2D eigenvalue weighted by Gasteiger charge is -2.33. The Labute approximate surface area is 174 Å². The Balaban J connectivity index is 1.70. The molecule has 1 aromatic heterocycles. The number of aromatic nitrogens is 1. The largest absolute Gasteiger partial charge is 0.503 e. The van der Waals surface area contributed by atoms with Crippen LogP contribution in [0.1, 0.15) is 54.7 Å². The minimum atomic E-state index is -1.36. The average molecular weight is 416 g/mol. The quantitative estimate of drug-likeness (QED) is 0.727. The zero-order valence-corrected chi connectivity index (χ0v) is 17.4. The van der Waals surface area contributed by atoms with E-state index in [9.17, 15) is 19.1 Å². The van der Waals surface area contributed by atoms with Gasteiger partial charge in [0.15, 0.2) is 17.2 Å². The number of ether oxygens (including phenoxy) is 2. The molecule has 160 valence electrons. The normalized spacial score (nSPS) is 18.3. The summed E-state index contributed by atoms with van der Waals surface area (Å²) in [7, 11) is 1.36. The predicted molar refractivity (Wildman–Crippen MR) is 107 cm³/mol. The molecule has 3 rings (SSSR count). The van der Waals surface area contributed by atoms with Gasteiger partial charge in [-0.15, -0.1) is 0 Å². The number of pyridine rings is 1. The van der Waals surface area contributed by atoms with Crippen LogP contribution >= 0.6 is 0 Å². The van der Waals surface area contributed by atoms with Crippen molar-refractivity contribution in [3.8, 4) is 11.5 Å². The van der Waals surface area contributed by atoms with Crippen molar-refractivity contribution in [3.05, 3.63) is 53.1 Å². The molecule has 2 aromatic rings. The molecule has 0 saturated carbocycles. The van der Waals surface area contributed by atoms with E-state index >= 15 is 0 Å². The van der Waals surface area contributed by atoms with Gasteiger partial charge in [0.1, 0.15) is 17.5 Å². The Hall–Kier alpha value is -3.16. The number of hydrogen-bond donors (Lipinski definition) is 2. The molecule has 30 heavy (non-hydrogen) atoms. The Morgan fingerprint density at radius 2 is 2.03 bits per heavy atom. The molecule has 0 bridgehead atoms. The Morgan fingerprint density at radius 1 is 1.30 bits per heavy atom. The number of benzene rings is 1. The molecule has 7 nitrogen and oxygen atoms in total. The van der Waals surface area contributed by atoms with Gasteiger partial charge in [-0.25, -0.2) is 14.2 Å². The number of carbonyl (C=O) groups is 2. The molecule has 2 atom stereocenters. The van der Waals surface area contributed by atoms with Gasteiger partial charge in [-0.1, -0.05) is 13.0 Å². The van der Waals surface area contributed by atoms with Gasteiger partial charge < -0.3 is 19.9 Å². The van der Waals surface area contributed by atoms with Crippen LogP contribution < -0.4 is 10.1 Å². The third kappa shape index (κ3) is 4.22. The standard InChI is InChI=1S/C22H25FN2O5/c1-12-15-7-6-14(23)11-13(15)5-8-16(12)30-21(28)22(2,3)25-20(27)18-19(26)17(29-4)9-10-24-18/h6-7,9-12,16,26H,5,8H2,1-4H3,(H,25,27). The molecule has 1 amide bonds. The number of carbonyl (C=O) groups excluding carboxylic acids is 2. The topological polar surface area (TPSA) is 97.8 Å². The van der Waals surface area contributed by atoms with Crippen LogP contribution in [0.15, 0.2) is 30.5 Å². The Morgan fingerprint density at radius 3 is 2.73 bits per heavy atom. The number of rotatable bonds is 5. The molecule has 0 radical (unpaired) electrons. The predicted octanol–water partition coefficient (Wildman–Crippen LogP) is 3.11. The van der Waals surface area contributed by atoms with Gasteiger partial charge in [-0.2, -0.15) is 0 Å². The van der Waals surface area contributed by atoms with Crippen molar-refractivity contribution in [1.82, 2.24) is 10.3 Å². The van der Waals surface area contributed by atoms with Gasteiger partial charge in [0.25, 0.3) is 5.91 Å². The van der Waals surface area contributed by atoms with Crippen molar-refractivity contribution in [2.24, 2.45) is 0 Å². The van der Waals surface area contributed by atoms with Gasteiger partial charge in [-0.3, -0.25) is 4.79 Å². The highest BCUT2D eigenvalue weighted by molar-refractivity contribution is 5.98. The first kappa shape index (κ1) is 21.5. The Bertz CT molecular complexity index is 976. The van der Waals surface area contributed by atoms with Crippen LogP contribution in [0.3, 0.4) is 0 Å². The highest BCUT2D eigenvalue weighted by atomic mass is 19.1. The van der Waals surface area contributed by atoms with E-state index in [2.05, 4.69) is 10.3 Å². The fourth-order valence-corrected chi connectivity index (χ4v) is 3.59. The van der Waals surface area contributed by atoms with Crippen molar-refractivity contribution in [2.75, 3.05) is 7.11 Å². The van der Waals surface area contributed by atoms with Crippen LogP contribution in [-0.2, 0) is 16.0 Å². The summed E-state index contributed by atoms with van der Waals surface area (Å²) in [6.45, 7) is 4.96. The molecular weight excluding hydrogens is 391 g/mol. The minimum Gasteiger partial charge on any atom is -0.503 e. The zero-order chi connectivity index (χ0) is 22.1. The monoisotopic (exact) mass is 416 g/mol. The minimum absolute atomic E-state index is 0.0988. The molecule has 1 heterocycles. The molecule has 8 heteroatoms. The number of fused-ring (bicyclic) bond motifs is 1. The molecule has 0 aliphatic heterocycles. The molecule has 0 saturated heterocycles. The zero-order valence-electron chi connectivity index (χ0n) is 17.4. The molecule has 1 aliphatic rings. The van der Waals surface area contributed by atoms with Crippen LogP contribution in [0, 0.1) is 5.82 Å². The second kappa shape index (κ2) is 8.30. The lowest BCUT2D eigenvalue weighted by atomic mass is 9.81. The fourth-order valence-electron chi connectivity index (χ4n) is 3.59. The smallest absolute Gasteiger partial charge is 0.331 e. The van der Waals surface area contributed by atoms with Gasteiger partial charge in [0.2, 0.25) is 0 Å². The molecule has 2 N–H and O–H groups in total.